The van der Waals surface area contributed by atoms with Gasteiger partial charge in [0.1, 0.15) is 0 Å². The molecule has 4 nitrogen and oxygen atoms in total. The lowest BCUT2D eigenvalue weighted by Gasteiger charge is -2.40. The molecule has 1 rings (SSSR count). The summed E-state index contributed by atoms with van der Waals surface area (Å²) >= 11 is 0. The van der Waals surface area contributed by atoms with Gasteiger partial charge >= 0.3 is 6.03 Å². The van der Waals surface area contributed by atoms with Crippen LogP contribution in [0.5, 0.6) is 0 Å². The largest absolute Gasteiger partial charge is 0.375 e. The first-order valence-corrected chi connectivity index (χ1v) is 6.31. The van der Waals surface area contributed by atoms with Crippen molar-refractivity contribution in [1.29, 1.82) is 0 Å². The van der Waals surface area contributed by atoms with Gasteiger partial charge in [-0.2, -0.15) is 0 Å². The summed E-state index contributed by atoms with van der Waals surface area (Å²) in [4.78, 5) is 16.1. The van der Waals surface area contributed by atoms with Crippen LogP contribution in [0.25, 0.3) is 0 Å². The topological polar surface area (TPSA) is 32.8 Å². The Morgan fingerprint density at radius 2 is 2.00 bits per heavy atom. The summed E-state index contributed by atoms with van der Waals surface area (Å²) < 4.78 is 5.60. The van der Waals surface area contributed by atoms with E-state index in [1.807, 2.05) is 30.6 Å². The van der Waals surface area contributed by atoms with Gasteiger partial charge in [-0.15, -0.1) is 0 Å². The van der Waals surface area contributed by atoms with Crippen LogP contribution in [0, 0.1) is 0 Å². The molecule has 0 saturated carbocycles. The molecule has 0 aliphatic carbocycles. The van der Waals surface area contributed by atoms with Crippen molar-refractivity contribution in [3.8, 4) is 0 Å². The Kier molecular flexibility index (Phi) is 5.06. The van der Waals surface area contributed by atoms with E-state index in [-0.39, 0.29) is 18.2 Å². The van der Waals surface area contributed by atoms with Crippen molar-refractivity contribution in [3.63, 3.8) is 0 Å². The van der Waals surface area contributed by atoms with Gasteiger partial charge in [0.2, 0.25) is 0 Å². The van der Waals surface area contributed by atoms with Crippen LogP contribution in [0.3, 0.4) is 0 Å². The Morgan fingerprint density at radius 1 is 1.38 bits per heavy atom. The molecule has 2 atom stereocenters. The highest BCUT2D eigenvalue weighted by Gasteiger charge is 2.31. The van der Waals surface area contributed by atoms with E-state index in [1.54, 1.807) is 0 Å². The van der Waals surface area contributed by atoms with E-state index >= 15 is 0 Å². The summed E-state index contributed by atoms with van der Waals surface area (Å²) in [6, 6.07) is 0.399. The molecule has 1 fully saturated rings. The Morgan fingerprint density at radius 3 is 2.50 bits per heavy atom. The number of carbonyl (C=O) groups excluding carboxylic acids is 1. The molecule has 1 aliphatic heterocycles. The summed E-state index contributed by atoms with van der Waals surface area (Å²) in [6.45, 7) is 11.1. The highest BCUT2D eigenvalue weighted by atomic mass is 16.5. The van der Waals surface area contributed by atoms with Crippen LogP contribution < -0.4 is 0 Å². The van der Waals surface area contributed by atoms with Crippen LogP contribution in [0.2, 0.25) is 0 Å². The molecule has 1 heterocycles. The third kappa shape index (κ3) is 2.88. The molecular formula is C12H24N2O2. The van der Waals surface area contributed by atoms with Crippen LogP contribution in [0.1, 0.15) is 34.1 Å². The number of morpholine rings is 1. The number of urea groups is 1. The zero-order chi connectivity index (χ0) is 12.1. The third-order valence-electron chi connectivity index (χ3n) is 3.22. The number of ether oxygens (including phenoxy) is 1. The lowest BCUT2D eigenvalue weighted by atomic mass is 10.1. The van der Waals surface area contributed by atoms with Crippen molar-refractivity contribution in [2.24, 2.45) is 0 Å². The van der Waals surface area contributed by atoms with Gasteiger partial charge in [0.15, 0.2) is 0 Å². The van der Waals surface area contributed by atoms with Gasteiger partial charge in [0, 0.05) is 19.6 Å². The van der Waals surface area contributed by atoms with Gasteiger partial charge in [0.05, 0.1) is 18.8 Å². The van der Waals surface area contributed by atoms with E-state index < -0.39 is 0 Å². The first-order chi connectivity index (χ1) is 7.63. The summed E-state index contributed by atoms with van der Waals surface area (Å²) in [5.74, 6) is 0. The SMILES string of the molecule is CCC1COC(C)CN1C(=O)N(CC)CC. The Hall–Kier alpha value is -0.770. The number of carbonyl (C=O) groups is 1. The maximum Gasteiger partial charge on any atom is 0.320 e. The van der Waals surface area contributed by atoms with Gasteiger partial charge in [-0.25, -0.2) is 4.79 Å². The number of rotatable bonds is 3. The lowest BCUT2D eigenvalue weighted by Crippen LogP contribution is -2.55. The van der Waals surface area contributed by atoms with Crippen molar-refractivity contribution < 1.29 is 9.53 Å². The molecule has 94 valence electrons. The summed E-state index contributed by atoms with van der Waals surface area (Å²) in [6.07, 6.45) is 1.11. The van der Waals surface area contributed by atoms with E-state index in [4.69, 9.17) is 4.74 Å². The average Bonchev–Trinajstić information content (AvgIpc) is 2.30. The van der Waals surface area contributed by atoms with E-state index in [0.717, 1.165) is 19.5 Å². The number of hydrogen-bond donors (Lipinski definition) is 0. The van der Waals surface area contributed by atoms with Crippen molar-refractivity contribution in [2.45, 2.75) is 46.3 Å². The molecule has 0 aromatic rings. The summed E-state index contributed by atoms with van der Waals surface area (Å²) in [5.41, 5.74) is 0. The van der Waals surface area contributed by atoms with E-state index in [2.05, 4.69) is 6.92 Å². The Balaban J connectivity index is 2.69. The van der Waals surface area contributed by atoms with E-state index in [0.29, 0.717) is 13.2 Å². The number of nitrogens with zero attached hydrogens (tertiary/aromatic N) is 2. The quantitative estimate of drug-likeness (QED) is 0.739. The molecule has 0 aromatic carbocycles. The zero-order valence-electron chi connectivity index (χ0n) is 10.9. The zero-order valence-corrected chi connectivity index (χ0v) is 10.9. The monoisotopic (exact) mass is 228 g/mol. The molecule has 4 heteroatoms. The Bertz CT molecular complexity index is 229. The first-order valence-electron chi connectivity index (χ1n) is 6.31. The fourth-order valence-corrected chi connectivity index (χ4v) is 2.09. The molecule has 1 saturated heterocycles. The second kappa shape index (κ2) is 6.09. The van der Waals surface area contributed by atoms with Gasteiger partial charge in [-0.1, -0.05) is 6.92 Å². The summed E-state index contributed by atoms with van der Waals surface area (Å²) in [5, 5.41) is 0. The second-order valence-corrected chi connectivity index (χ2v) is 4.31. The first kappa shape index (κ1) is 13.3. The molecule has 1 aliphatic rings. The summed E-state index contributed by atoms with van der Waals surface area (Å²) in [7, 11) is 0. The van der Waals surface area contributed by atoms with Crippen molar-refractivity contribution in [1.82, 2.24) is 9.80 Å². The average molecular weight is 228 g/mol. The fourth-order valence-electron chi connectivity index (χ4n) is 2.09. The van der Waals surface area contributed by atoms with E-state index in [9.17, 15) is 4.79 Å². The molecule has 0 aromatic heterocycles. The second-order valence-electron chi connectivity index (χ2n) is 4.31. The normalized spacial score (nSPS) is 25.6. The lowest BCUT2D eigenvalue weighted by molar-refractivity contribution is -0.0428. The minimum absolute atomic E-state index is 0.155. The van der Waals surface area contributed by atoms with Crippen molar-refractivity contribution in [2.75, 3.05) is 26.2 Å². The minimum Gasteiger partial charge on any atom is -0.375 e. The van der Waals surface area contributed by atoms with Crippen LogP contribution in [-0.2, 0) is 4.74 Å². The molecule has 2 amide bonds. The molecule has 0 radical (unpaired) electrons. The molecule has 2 unspecified atom stereocenters. The molecule has 0 bridgehead atoms. The fraction of sp³-hybridized carbons (Fsp3) is 0.917. The van der Waals surface area contributed by atoms with Crippen LogP contribution >= 0.6 is 0 Å². The van der Waals surface area contributed by atoms with Gasteiger partial charge in [-0.3, -0.25) is 0 Å². The highest BCUT2D eigenvalue weighted by molar-refractivity contribution is 5.75. The molecule has 16 heavy (non-hydrogen) atoms. The number of hydrogen-bond acceptors (Lipinski definition) is 2. The van der Waals surface area contributed by atoms with Crippen molar-refractivity contribution in [3.05, 3.63) is 0 Å². The third-order valence-corrected chi connectivity index (χ3v) is 3.22. The smallest absolute Gasteiger partial charge is 0.320 e. The predicted octanol–water partition coefficient (Wildman–Crippen LogP) is 1.95. The van der Waals surface area contributed by atoms with Gasteiger partial charge in [-0.05, 0) is 27.2 Å². The van der Waals surface area contributed by atoms with Crippen molar-refractivity contribution >= 4 is 6.03 Å². The maximum atomic E-state index is 12.3. The predicted molar refractivity (Wildman–Crippen MR) is 64.5 cm³/mol. The van der Waals surface area contributed by atoms with Crippen LogP contribution in [0.15, 0.2) is 0 Å². The maximum absolute atomic E-state index is 12.3. The standard InChI is InChI=1S/C12H24N2O2/c1-5-11-9-16-10(4)8-14(11)12(15)13(6-2)7-3/h10-11H,5-9H2,1-4H3. The molecule has 0 N–H and O–H groups in total. The molecule has 0 spiro atoms. The van der Waals surface area contributed by atoms with Crippen LogP contribution in [0.4, 0.5) is 4.79 Å². The van der Waals surface area contributed by atoms with Gasteiger partial charge in [0.25, 0.3) is 0 Å². The minimum atomic E-state index is 0.155. The Labute approximate surface area is 98.5 Å². The highest BCUT2D eigenvalue weighted by Crippen LogP contribution is 2.16. The van der Waals surface area contributed by atoms with Gasteiger partial charge < -0.3 is 14.5 Å². The molecular weight excluding hydrogens is 204 g/mol. The number of amides is 2. The van der Waals surface area contributed by atoms with Crippen LogP contribution in [-0.4, -0.2) is 54.2 Å². The van der Waals surface area contributed by atoms with E-state index in [1.165, 1.54) is 0 Å².